The van der Waals surface area contributed by atoms with Crippen molar-refractivity contribution in [2.24, 2.45) is 0 Å². The lowest BCUT2D eigenvalue weighted by Gasteiger charge is -2.08. The van der Waals surface area contributed by atoms with Gasteiger partial charge in [0, 0.05) is 25.5 Å². The van der Waals surface area contributed by atoms with Crippen LogP contribution in [0.4, 0.5) is 5.69 Å². The summed E-state index contributed by atoms with van der Waals surface area (Å²) < 4.78 is 0. The average Bonchev–Trinajstić information content (AvgIpc) is 2.52. The van der Waals surface area contributed by atoms with Gasteiger partial charge < -0.3 is 10.6 Å². The molecule has 1 aromatic carbocycles. The van der Waals surface area contributed by atoms with Gasteiger partial charge in [-0.2, -0.15) is 0 Å². The van der Waals surface area contributed by atoms with E-state index in [1.807, 2.05) is 0 Å². The number of anilines is 1. The highest BCUT2D eigenvalue weighted by atomic mass is 16.1. The first-order valence-corrected chi connectivity index (χ1v) is 6.82. The number of aryl methyl sites for hydroxylation is 1. The third-order valence-electron chi connectivity index (χ3n) is 3.02. The van der Waals surface area contributed by atoms with Crippen molar-refractivity contribution in [3.8, 4) is 0 Å². The summed E-state index contributed by atoms with van der Waals surface area (Å²) in [4.78, 5) is 15.9. The molecule has 2 N–H and O–H groups in total. The van der Waals surface area contributed by atoms with E-state index in [9.17, 15) is 4.79 Å². The molecule has 0 fully saturated rings. The van der Waals surface area contributed by atoms with Crippen molar-refractivity contribution in [2.45, 2.75) is 13.5 Å². The molecule has 0 atom stereocenters. The van der Waals surface area contributed by atoms with Gasteiger partial charge in [0.1, 0.15) is 0 Å². The molecule has 1 aromatic heterocycles. The fourth-order valence-corrected chi connectivity index (χ4v) is 1.84. The van der Waals surface area contributed by atoms with Crippen molar-refractivity contribution >= 4 is 11.6 Å². The van der Waals surface area contributed by atoms with Crippen LogP contribution in [-0.2, 0) is 6.54 Å². The first-order chi connectivity index (χ1) is 10.2. The molecule has 4 nitrogen and oxygen atoms in total. The lowest BCUT2D eigenvalue weighted by Crippen LogP contribution is -2.23. The van der Waals surface area contributed by atoms with Gasteiger partial charge in [0.05, 0.1) is 11.3 Å². The molecule has 0 aliphatic heterocycles. The number of rotatable bonds is 6. The normalized spacial score (nSPS) is 9.95. The van der Waals surface area contributed by atoms with Crippen LogP contribution in [0.2, 0.25) is 0 Å². The smallest absolute Gasteiger partial charge is 0.253 e. The zero-order valence-corrected chi connectivity index (χ0v) is 12.1. The van der Waals surface area contributed by atoms with E-state index in [2.05, 4.69) is 53.4 Å². The zero-order valence-electron chi connectivity index (χ0n) is 12.1. The van der Waals surface area contributed by atoms with Gasteiger partial charge in [-0.15, -0.1) is 6.58 Å². The molecule has 0 radical (unpaired) electrons. The number of hydrogen-bond donors (Lipinski definition) is 2. The predicted molar refractivity (Wildman–Crippen MR) is 85.3 cm³/mol. The van der Waals surface area contributed by atoms with Crippen LogP contribution in [0.3, 0.4) is 0 Å². The van der Waals surface area contributed by atoms with Crippen LogP contribution in [0.1, 0.15) is 21.5 Å². The van der Waals surface area contributed by atoms with Crippen molar-refractivity contribution in [2.75, 3.05) is 11.9 Å². The Labute approximate surface area is 124 Å². The Morgan fingerprint density at radius 2 is 2.05 bits per heavy atom. The molecule has 0 saturated carbocycles. The van der Waals surface area contributed by atoms with Crippen LogP contribution >= 0.6 is 0 Å². The van der Waals surface area contributed by atoms with E-state index in [0.29, 0.717) is 18.7 Å². The summed E-state index contributed by atoms with van der Waals surface area (Å²) in [6.45, 7) is 6.77. The van der Waals surface area contributed by atoms with Gasteiger partial charge in [-0.05, 0) is 18.6 Å². The number of benzene rings is 1. The lowest BCUT2D eigenvalue weighted by atomic mass is 10.1. The van der Waals surface area contributed by atoms with Gasteiger partial charge in [-0.3, -0.25) is 9.78 Å². The monoisotopic (exact) mass is 281 g/mol. The van der Waals surface area contributed by atoms with E-state index in [-0.39, 0.29) is 5.91 Å². The van der Waals surface area contributed by atoms with Crippen LogP contribution in [0.25, 0.3) is 0 Å². The van der Waals surface area contributed by atoms with Crippen LogP contribution in [0, 0.1) is 6.92 Å². The third-order valence-corrected chi connectivity index (χ3v) is 3.02. The number of carbonyl (C=O) groups excluding carboxylic acids is 1. The zero-order chi connectivity index (χ0) is 15.1. The molecular formula is C17H19N3O. The van der Waals surface area contributed by atoms with Crippen molar-refractivity contribution in [1.29, 1.82) is 0 Å². The molecule has 1 heterocycles. The quantitative estimate of drug-likeness (QED) is 0.800. The molecule has 1 amide bonds. The molecule has 0 spiro atoms. The summed E-state index contributed by atoms with van der Waals surface area (Å²) in [6.07, 6.45) is 4.90. The Hall–Kier alpha value is -2.62. The summed E-state index contributed by atoms with van der Waals surface area (Å²) in [5.41, 5.74) is 3.77. The maximum atomic E-state index is 11.8. The Kier molecular flexibility index (Phi) is 5.10. The van der Waals surface area contributed by atoms with E-state index >= 15 is 0 Å². The maximum Gasteiger partial charge on any atom is 0.253 e. The molecule has 0 saturated heterocycles. The molecule has 108 valence electrons. The largest absolute Gasteiger partial charge is 0.380 e. The number of hydrogen-bond acceptors (Lipinski definition) is 3. The van der Waals surface area contributed by atoms with E-state index in [4.69, 9.17) is 0 Å². The lowest BCUT2D eigenvalue weighted by molar-refractivity contribution is 0.0957. The van der Waals surface area contributed by atoms with Gasteiger partial charge in [0.15, 0.2) is 0 Å². The van der Waals surface area contributed by atoms with Gasteiger partial charge >= 0.3 is 0 Å². The number of amides is 1. The topological polar surface area (TPSA) is 54.0 Å². The molecule has 21 heavy (non-hydrogen) atoms. The standard InChI is InChI=1S/C17H19N3O/c1-3-8-19-17(21)15-9-16(12-18-11-15)20-10-14-6-4-13(2)5-7-14/h3-7,9,11-12,20H,1,8,10H2,2H3,(H,19,21). The number of nitrogens with one attached hydrogen (secondary N) is 2. The van der Waals surface area contributed by atoms with Crippen molar-refractivity contribution < 1.29 is 4.79 Å². The number of nitrogens with zero attached hydrogens (tertiary/aromatic N) is 1. The van der Waals surface area contributed by atoms with Gasteiger partial charge in [0.2, 0.25) is 0 Å². The Morgan fingerprint density at radius 1 is 1.29 bits per heavy atom. The first kappa shape index (κ1) is 14.8. The highest BCUT2D eigenvalue weighted by Crippen LogP contribution is 2.11. The Bertz CT molecular complexity index is 620. The van der Waals surface area contributed by atoms with Crippen LogP contribution in [-0.4, -0.2) is 17.4 Å². The molecule has 0 unspecified atom stereocenters. The third kappa shape index (κ3) is 4.45. The van der Waals surface area contributed by atoms with Crippen molar-refractivity contribution in [1.82, 2.24) is 10.3 Å². The average molecular weight is 281 g/mol. The second-order valence-electron chi connectivity index (χ2n) is 4.80. The summed E-state index contributed by atoms with van der Waals surface area (Å²) >= 11 is 0. The van der Waals surface area contributed by atoms with Crippen LogP contribution in [0.15, 0.2) is 55.4 Å². The molecule has 2 rings (SSSR count). The highest BCUT2D eigenvalue weighted by Gasteiger charge is 2.05. The van der Waals surface area contributed by atoms with E-state index in [1.54, 1.807) is 24.5 Å². The number of aromatic nitrogens is 1. The van der Waals surface area contributed by atoms with Crippen LogP contribution in [0.5, 0.6) is 0 Å². The minimum atomic E-state index is -0.151. The van der Waals surface area contributed by atoms with Crippen LogP contribution < -0.4 is 10.6 Å². The van der Waals surface area contributed by atoms with Crippen molar-refractivity contribution in [3.05, 3.63) is 72.1 Å². The first-order valence-electron chi connectivity index (χ1n) is 6.82. The molecule has 4 heteroatoms. The summed E-state index contributed by atoms with van der Waals surface area (Å²) in [5.74, 6) is -0.151. The maximum absolute atomic E-state index is 11.8. The van der Waals surface area contributed by atoms with Crippen molar-refractivity contribution in [3.63, 3.8) is 0 Å². The van der Waals surface area contributed by atoms with E-state index in [0.717, 1.165) is 5.69 Å². The Morgan fingerprint density at radius 3 is 2.76 bits per heavy atom. The fourth-order valence-electron chi connectivity index (χ4n) is 1.84. The van der Waals surface area contributed by atoms with E-state index in [1.165, 1.54) is 11.1 Å². The number of carbonyl (C=O) groups is 1. The summed E-state index contributed by atoms with van der Waals surface area (Å²) in [6, 6.07) is 10.1. The molecule has 0 bridgehead atoms. The number of pyridine rings is 1. The van der Waals surface area contributed by atoms with E-state index < -0.39 is 0 Å². The second kappa shape index (κ2) is 7.24. The Balaban J connectivity index is 1.99. The highest BCUT2D eigenvalue weighted by molar-refractivity contribution is 5.94. The fraction of sp³-hybridized carbons (Fsp3) is 0.176. The van der Waals surface area contributed by atoms with Gasteiger partial charge in [-0.1, -0.05) is 35.9 Å². The summed E-state index contributed by atoms with van der Waals surface area (Å²) in [5, 5.41) is 6.00. The second-order valence-corrected chi connectivity index (χ2v) is 4.80. The van der Waals surface area contributed by atoms with Gasteiger partial charge in [0.25, 0.3) is 5.91 Å². The minimum absolute atomic E-state index is 0.151. The molecule has 0 aliphatic rings. The molecular weight excluding hydrogens is 262 g/mol. The summed E-state index contributed by atoms with van der Waals surface area (Å²) in [7, 11) is 0. The molecule has 2 aromatic rings. The predicted octanol–water partition coefficient (Wildman–Crippen LogP) is 2.92. The molecule has 0 aliphatic carbocycles. The SMILES string of the molecule is C=CCNC(=O)c1cncc(NCc2ccc(C)cc2)c1. The van der Waals surface area contributed by atoms with Gasteiger partial charge in [-0.25, -0.2) is 0 Å². The minimum Gasteiger partial charge on any atom is -0.380 e.